The minimum absolute atomic E-state index is 0.0350. The highest BCUT2D eigenvalue weighted by molar-refractivity contribution is 5.97. The number of urea groups is 1. The number of anilines is 1. The smallest absolute Gasteiger partial charge is 0.323 e. The summed E-state index contributed by atoms with van der Waals surface area (Å²) in [6, 6.07) is 7.17. The number of nitrogens with zero attached hydrogens (tertiary/aromatic N) is 4. The molecule has 0 unspecified atom stereocenters. The fraction of sp³-hybridized carbons (Fsp3) is 0.381. The van der Waals surface area contributed by atoms with Crippen LogP contribution in [0.1, 0.15) is 54.0 Å². The molecule has 2 aromatic rings. The van der Waals surface area contributed by atoms with Crippen molar-refractivity contribution in [3.63, 3.8) is 0 Å². The van der Waals surface area contributed by atoms with Crippen molar-refractivity contribution in [1.82, 2.24) is 20.2 Å². The van der Waals surface area contributed by atoms with Gasteiger partial charge in [0.25, 0.3) is 0 Å². The topological polar surface area (TPSA) is 111 Å². The Labute approximate surface area is 169 Å². The number of amides is 3. The number of aryl methyl sites for hydroxylation is 2. The number of nitrogens with one attached hydrogen (secondary N) is 2. The van der Waals surface area contributed by atoms with Crippen LogP contribution < -0.4 is 10.6 Å². The summed E-state index contributed by atoms with van der Waals surface area (Å²) in [6.07, 6.45) is 3.09. The van der Waals surface area contributed by atoms with Gasteiger partial charge in [0.15, 0.2) is 5.69 Å². The van der Waals surface area contributed by atoms with Crippen molar-refractivity contribution in [3.05, 3.63) is 52.6 Å². The molecule has 0 saturated heterocycles. The lowest BCUT2D eigenvalue weighted by Gasteiger charge is -2.38. The van der Waals surface area contributed by atoms with E-state index in [9.17, 15) is 9.59 Å². The molecular weight excluding hydrogens is 368 g/mol. The lowest BCUT2D eigenvalue weighted by molar-refractivity contribution is -0.123. The molecule has 1 spiro atoms. The Morgan fingerprint density at radius 2 is 2.17 bits per heavy atom. The van der Waals surface area contributed by atoms with Crippen LogP contribution in [-0.2, 0) is 10.3 Å². The molecule has 1 aliphatic heterocycles. The van der Waals surface area contributed by atoms with E-state index in [1.54, 1.807) is 11.8 Å². The minimum Gasteiger partial charge on any atom is -0.346 e. The lowest BCUT2D eigenvalue weighted by atomic mass is 9.93. The van der Waals surface area contributed by atoms with Gasteiger partial charge in [-0.1, -0.05) is 12.1 Å². The van der Waals surface area contributed by atoms with Crippen molar-refractivity contribution >= 4 is 17.6 Å². The number of benzene rings is 1. The van der Waals surface area contributed by atoms with Gasteiger partial charge < -0.3 is 15.5 Å². The molecule has 2 aliphatic rings. The van der Waals surface area contributed by atoms with Crippen LogP contribution in [0, 0.1) is 25.2 Å². The molecule has 0 radical (unpaired) electrons. The zero-order chi connectivity index (χ0) is 20.8. The number of hydrogen-bond donors (Lipinski definition) is 2. The van der Waals surface area contributed by atoms with Crippen LogP contribution in [0.3, 0.4) is 0 Å². The first kappa shape index (κ1) is 18.9. The monoisotopic (exact) mass is 390 g/mol. The van der Waals surface area contributed by atoms with Crippen molar-refractivity contribution in [3.8, 4) is 6.07 Å². The molecule has 8 nitrogen and oxygen atoms in total. The van der Waals surface area contributed by atoms with E-state index >= 15 is 0 Å². The average Bonchev–Trinajstić information content (AvgIpc) is 3.45. The molecule has 8 heteroatoms. The Hall–Kier alpha value is -3.47. The number of nitriles is 1. The largest absolute Gasteiger partial charge is 0.346 e. The molecule has 4 rings (SSSR count). The molecule has 0 bridgehead atoms. The summed E-state index contributed by atoms with van der Waals surface area (Å²) in [7, 11) is 0. The lowest BCUT2D eigenvalue weighted by Crippen LogP contribution is -2.51. The van der Waals surface area contributed by atoms with Crippen LogP contribution in [0.4, 0.5) is 10.5 Å². The van der Waals surface area contributed by atoms with E-state index in [0.717, 1.165) is 29.7 Å². The summed E-state index contributed by atoms with van der Waals surface area (Å²) < 4.78 is 0. The molecule has 2 N–H and O–H groups in total. The van der Waals surface area contributed by atoms with Crippen molar-refractivity contribution in [2.45, 2.75) is 45.2 Å². The first-order valence-electron chi connectivity index (χ1n) is 9.57. The van der Waals surface area contributed by atoms with Gasteiger partial charge in [-0.2, -0.15) is 5.26 Å². The predicted octanol–water partition coefficient (Wildman–Crippen LogP) is 2.68. The summed E-state index contributed by atoms with van der Waals surface area (Å²) in [6.45, 7) is 5.56. The Morgan fingerprint density at radius 3 is 2.83 bits per heavy atom. The number of fused-ring (bicyclic) bond motifs is 2. The highest BCUT2D eigenvalue weighted by Crippen LogP contribution is 2.56. The van der Waals surface area contributed by atoms with Gasteiger partial charge in [0, 0.05) is 11.3 Å². The van der Waals surface area contributed by atoms with Crippen molar-refractivity contribution in [2.24, 2.45) is 0 Å². The van der Waals surface area contributed by atoms with Crippen molar-refractivity contribution < 1.29 is 9.59 Å². The second kappa shape index (κ2) is 6.85. The standard InChI is InChI=1S/C21H22N6O2/c1-12-5-4-6-16-18(12)21(7-8-21)27(20(29)26-16)11-17(28)25-14(3)19-13(2)24-15(9-22)10-23-19/h4-6,10,14H,7-8,11H2,1-3H3,(H,25,28)(H,26,29)/t14-/m0/s1. The normalized spacial score (nSPS) is 17.2. The summed E-state index contributed by atoms with van der Waals surface area (Å²) >= 11 is 0. The molecule has 29 heavy (non-hydrogen) atoms. The van der Waals surface area contributed by atoms with Crippen LogP contribution in [0.15, 0.2) is 24.4 Å². The van der Waals surface area contributed by atoms with E-state index in [0.29, 0.717) is 11.4 Å². The summed E-state index contributed by atoms with van der Waals surface area (Å²) in [5, 5.41) is 14.7. The highest BCUT2D eigenvalue weighted by atomic mass is 16.2. The zero-order valence-electron chi connectivity index (χ0n) is 16.6. The Morgan fingerprint density at radius 1 is 1.41 bits per heavy atom. The third-order valence-electron chi connectivity index (χ3n) is 5.65. The molecule has 1 fully saturated rings. The van der Waals surface area contributed by atoms with Gasteiger partial charge in [0.1, 0.15) is 12.6 Å². The van der Waals surface area contributed by atoms with E-state index in [1.807, 2.05) is 38.1 Å². The zero-order valence-corrected chi connectivity index (χ0v) is 16.6. The molecule has 1 aromatic heterocycles. The highest BCUT2D eigenvalue weighted by Gasteiger charge is 2.56. The summed E-state index contributed by atoms with van der Waals surface area (Å²) in [4.78, 5) is 35.5. The van der Waals surface area contributed by atoms with Crippen molar-refractivity contribution in [1.29, 1.82) is 5.26 Å². The second-order valence-electron chi connectivity index (χ2n) is 7.67. The quantitative estimate of drug-likeness (QED) is 0.834. The first-order chi connectivity index (χ1) is 13.9. The molecule has 1 atom stereocenters. The van der Waals surface area contributed by atoms with Gasteiger partial charge in [-0.3, -0.25) is 9.78 Å². The van der Waals surface area contributed by atoms with Gasteiger partial charge in [-0.25, -0.2) is 9.78 Å². The number of rotatable bonds is 4. The number of hydrogen-bond acceptors (Lipinski definition) is 5. The average molecular weight is 390 g/mol. The van der Waals surface area contributed by atoms with Gasteiger partial charge in [-0.05, 0) is 45.2 Å². The van der Waals surface area contributed by atoms with Gasteiger partial charge >= 0.3 is 6.03 Å². The van der Waals surface area contributed by atoms with E-state index in [2.05, 4.69) is 20.6 Å². The fourth-order valence-electron chi connectivity index (χ4n) is 4.23. The van der Waals surface area contributed by atoms with Crippen LogP contribution in [-0.4, -0.2) is 33.4 Å². The van der Waals surface area contributed by atoms with E-state index in [-0.39, 0.29) is 30.2 Å². The Balaban J connectivity index is 1.51. The SMILES string of the molecule is Cc1cccc2c1C1(CC1)N(CC(=O)N[C@@H](C)c1ncc(C#N)nc1C)C(=O)N2. The molecular formula is C21H22N6O2. The van der Waals surface area contributed by atoms with Crippen molar-refractivity contribution in [2.75, 3.05) is 11.9 Å². The summed E-state index contributed by atoms with van der Waals surface area (Å²) in [5.41, 5.74) is 4.09. The number of aromatic nitrogens is 2. The van der Waals surface area contributed by atoms with Crippen LogP contribution in [0.5, 0.6) is 0 Å². The van der Waals surface area contributed by atoms with E-state index in [4.69, 9.17) is 5.26 Å². The molecule has 148 valence electrons. The van der Waals surface area contributed by atoms with Crippen LogP contribution in [0.25, 0.3) is 0 Å². The second-order valence-corrected chi connectivity index (χ2v) is 7.67. The summed E-state index contributed by atoms with van der Waals surface area (Å²) in [5.74, 6) is -0.262. The van der Waals surface area contributed by atoms with Crippen LogP contribution >= 0.6 is 0 Å². The molecule has 1 aliphatic carbocycles. The minimum atomic E-state index is -0.395. The van der Waals surface area contributed by atoms with Gasteiger partial charge in [0.2, 0.25) is 5.91 Å². The molecule has 1 saturated carbocycles. The maximum Gasteiger partial charge on any atom is 0.323 e. The fourth-order valence-corrected chi connectivity index (χ4v) is 4.23. The maximum atomic E-state index is 12.8. The van der Waals surface area contributed by atoms with E-state index in [1.165, 1.54) is 6.20 Å². The van der Waals surface area contributed by atoms with Gasteiger partial charge in [0.05, 0.1) is 29.2 Å². The van der Waals surface area contributed by atoms with E-state index < -0.39 is 5.54 Å². The van der Waals surface area contributed by atoms with Gasteiger partial charge in [-0.15, -0.1) is 0 Å². The number of carbonyl (C=O) groups excluding carboxylic acids is 2. The predicted molar refractivity (Wildman–Crippen MR) is 106 cm³/mol. The molecule has 3 amide bonds. The maximum absolute atomic E-state index is 12.8. The third kappa shape index (κ3) is 3.18. The third-order valence-corrected chi connectivity index (χ3v) is 5.65. The Kier molecular flexibility index (Phi) is 4.46. The molecule has 2 heterocycles. The Bertz CT molecular complexity index is 1050. The molecule has 1 aromatic carbocycles. The first-order valence-corrected chi connectivity index (χ1v) is 9.57. The van der Waals surface area contributed by atoms with Crippen LogP contribution in [0.2, 0.25) is 0 Å². The number of carbonyl (C=O) groups is 2.